The molecule has 344 valence electrons. The number of ether oxygens (including phenoxy) is 2. The molecule has 0 aliphatic heterocycles. The summed E-state index contributed by atoms with van der Waals surface area (Å²) in [6, 6.07) is -1.53. The number of esters is 2. The molecule has 0 aromatic rings. The van der Waals surface area contributed by atoms with Gasteiger partial charge in [-0.25, -0.2) is 4.57 Å². The van der Waals surface area contributed by atoms with Crippen LogP contribution < -0.4 is 5.73 Å². The Morgan fingerprint density at radius 2 is 0.932 bits per heavy atom. The molecule has 0 heterocycles. The van der Waals surface area contributed by atoms with Crippen LogP contribution in [0, 0.1) is 0 Å². The van der Waals surface area contributed by atoms with Crippen LogP contribution in [0.2, 0.25) is 0 Å². The lowest BCUT2D eigenvalue weighted by atomic mass is 10.0. The van der Waals surface area contributed by atoms with Gasteiger partial charge >= 0.3 is 25.7 Å². The van der Waals surface area contributed by atoms with Crippen LogP contribution in [0.5, 0.6) is 0 Å². The van der Waals surface area contributed by atoms with Crippen LogP contribution in [-0.4, -0.2) is 59.9 Å². The van der Waals surface area contributed by atoms with Crippen molar-refractivity contribution < 1.29 is 47.5 Å². The van der Waals surface area contributed by atoms with Gasteiger partial charge in [-0.2, -0.15) is 0 Å². The highest BCUT2D eigenvalue weighted by molar-refractivity contribution is 7.47. The fourth-order valence-electron chi connectivity index (χ4n) is 6.41. The topological polar surface area (TPSA) is 172 Å². The van der Waals surface area contributed by atoms with Gasteiger partial charge in [0.1, 0.15) is 12.6 Å². The molecule has 0 aromatic carbocycles. The minimum Gasteiger partial charge on any atom is -0.480 e. The molecule has 11 nitrogen and oxygen atoms in total. The first-order valence-electron chi connectivity index (χ1n) is 23.5. The Kier molecular flexibility index (Phi) is 40.7. The predicted molar refractivity (Wildman–Crippen MR) is 240 cm³/mol. The number of carbonyl (C=O) groups is 3. The van der Waals surface area contributed by atoms with E-state index in [1.807, 2.05) is 12.2 Å². The van der Waals surface area contributed by atoms with Crippen LogP contribution >= 0.6 is 7.82 Å². The number of phosphoric ester groups is 1. The van der Waals surface area contributed by atoms with Gasteiger partial charge in [0.15, 0.2) is 6.10 Å². The number of unbranched alkanes of at least 4 members (excludes halogenated alkanes) is 24. The molecule has 0 aliphatic carbocycles. The summed E-state index contributed by atoms with van der Waals surface area (Å²) in [5, 5.41) is 8.89. The lowest BCUT2D eigenvalue weighted by Gasteiger charge is -2.20. The maximum Gasteiger partial charge on any atom is 0.472 e. The van der Waals surface area contributed by atoms with E-state index < -0.39 is 51.1 Å². The van der Waals surface area contributed by atoms with E-state index in [4.69, 9.17) is 24.8 Å². The molecule has 0 amide bonds. The van der Waals surface area contributed by atoms with E-state index in [1.54, 1.807) is 0 Å². The Labute approximate surface area is 359 Å². The van der Waals surface area contributed by atoms with Crippen molar-refractivity contribution >= 4 is 25.7 Å². The summed E-state index contributed by atoms with van der Waals surface area (Å²) >= 11 is 0. The average molecular weight is 856 g/mol. The van der Waals surface area contributed by atoms with Crippen molar-refractivity contribution in [1.82, 2.24) is 0 Å². The van der Waals surface area contributed by atoms with E-state index in [1.165, 1.54) is 135 Å². The molecular formula is C47H86NO10P. The molecule has 12 heteroatoms. The normalized spacial score (nSPS) is 14.0. The third-order valence-corrected chi connectivity index (χ3v) is 11.1. The molecule has 0 bridgehead atoms. The summed E-state index contributed by atoms with van der Waals surface area (Å²) in [6.07, 6.45) is 46.6. The molecule has 4 N–H and O–H groups in total. The monoisotopic (exact) mass is 856 g/mol. The largest absolute Gasteiger partial charge is 0.480 e. The van der Waals surface area contributed by atoms with Crippen LogP contribution in [0.15, 0.2) is 36.5 Å². The molecule has 0 radical (unpaired) electrons. The molecule has 3 atom stereocenters. The summed E-state index contributed by atoms with van der Waals surface area (Å²) in [5.74, 6) is -2.46. The minimum atomic E-state index is -4.73. The van der Waals surface area contributed by atoms with Crippen LogP contribution in [0.3, 0.4) is 0 Å². The zero-order valence-corrected chi connectivity index (χ0v) is 38.2. The molecule has 0 spiro atoms. The number of phosphoric acid groups is 1. The highest BCUT2D eigenvalue weighted by Crippen LogP contribution is 2.43. The first-order chi connectivity index (χ1) is 28.6. The van der Waals surface area contributed by atoms with E-state index in [2.05, 4.69) is 42.7 Å². The number of carboxylic acids is 1. The van der Waals surface area contributed by atoms with E-state index >= 15 is 0 Å². The van der Waals surface area contributed by atoms with E-state index in [0.29, 0.717) is 12.8 Å². The maximum atomic E-state index is 12.6. The second kappa shape index (κ2) is 42.4. The number of nitrogens with two attached hydrogens (primary N) is 1. The Hall–Kier alpha value is -2.30. The van der Waals surface area contributed by atoms with E-state index in [-0.39, 0.29) is 19.4 Å². The van der Waals surface area contributed by atoms with Crippen molar-refractivity contribution in [2.24, 2.45) is 5.73 Å². The minimum absolute atomic E-state index is 0.0549. The van der Waals surface area contributed by atoms with Gasteiger partial charge in [-0.1, -0.05) is 179 Å². The standard InChI is InChI=1S/C47H86NO10P/c1-3-5-7-9-11-13-15-17-18-19-20-21-22-23-24-25-27-28-30-32-34-36-38-45(49)55-40-43(41-56-59(53,54)57-42-44(48)47(51)52)58-46(50)39-37-35-33-31-29-26-16-14-12-10-8-6-4-2/h22-23,26,29,33,35,43-44H,3-21,24-25,27-28,30-32,34,36-42,48H2,1-2H3,(H,51,52)(H,53,54)/b23-22+,29-26+,35-33+/t43?,44-/m1/s1. The SMILES string of the molecule is CCCCCCCC/C=C/C/C=C/CCC(=O)OC(COC(=O)CCCCCCCCC/C=C/CCCCCCCCCCCCC)COP(=O)(O)OC[C@@H](N)C(=O)O. The van der Waals surface area contributed by atoms with Crippen molar-refractivity contribution in [2.75, 3.05) is 19.8 Å². The van der Waals surface area contributed by atoms with Crippen molar-refractivity contribution in [1.29, 1.82) is 0 Å². The second-order valence-corrected chi connectivity index (χ2v) is 17.3. The zero-order chi connectivity index (χ0) is 43.5. The predicted octanol–water partition coefficient (Wildman–Crippen LogP) is 12.8. The fraction of sp³-hybridized carbons (Fsp3) is 0.809. The Morgan fingerprint density at radius 3 is 1.41 bits per heavy atom. The average Bonchev–Trinajstić information content (AvgIpc) is 3.21. The molecule has 0 saturated carbocycles. The lowest BCUT2D eigenvalue weighted by molar-refractivity contribution is -0.161. The quantitative estimate of drug-likeness (QED) is 0.0230. The van der Waals surface area contributed by atoms with Crippen molar-refractivity contribution in [3.63, 3.8) is 0 Å². The first-order valence-corrected chi connectivity index (χ1v) is 25.0. The molecule has 0 fully saturated rings. The summed E-state index contributed by atoms with van der Waals surface area (Å²) in [5.41, 5.74) is 5.33. The third kappa shape index (κ3) is 42.2. The Morgan fingerprint density at radius 1 is 0.525 bits per heavy atom. The van der Waals surface area contributed by atoms with E-state index in [9.17, 15) is 23.8 Å². The molecule has 0 rings (SSSR count). The number of carboxylic acid groups (broad SMARTS) is 1. The van der Waals surface area contributed by atoms with Gasteiger partial charge in [-0.15, -0.1) is 0 Å². The van der Waals surface area contributed by atoms with Gasteiger partial charge in [0, 0.05) is 12.8 Å². The Balaban J connectivity index is 4.29. The van der Waals surface area contributed by atoms with Crippen LogP contribution in [0.1, 0.15) is 213 Å². The number of carbonyl (C=O) groups excluding carboxylic acids is 2. The third-order valence-electron chi connectivity index (χ3n) is 10.1. The van der Waals surface area contributed by atoms with Gasteiger partial charge in [-0.05, 0) is 57.8 Å². The van der Waals surface area contributed by atoms with Crippen molar-refractivity contribution in [2.45, 2.75) is 225 Å². The van der Waals surface area contributed by atoms with Gasteiger partial charge in [0.25, 0.3) is 0 Å². The van der Waals surface area contributed by atoms with Gasteiger partial charge < -0.3 is 25.2 Å². The van der Waals surface area contributed by atoms with Crippen LogP contribution in [-0.2, 0) is 37.5 Å². The smallest absolute Gasteiger partial charge is 0.472 e. The van der Waals surface area contributed by atoms with Gasteiger partial charge in [0.05, 0.1) is 13.2 Å². The highest BCUT2D eigenvalue weighted by atomic mass is 31.2. The van der Waals surface area contributed by atoms with Crippen molar-refractivity contribution in [3.8, 4) is 0 Å². The van der Waals surface area contributed by atoms with Gasteiger partial charge in [0.2, 0.25) is 0 Å². The number of hydrogen-bond donors (Lipinski definition) is 3. The molecule has 0 aromatic heterocycles. The number of allylic oxidation sites excluding steroid dienone is 6. The maximum absolute atomic E-state index is 12.6. The molecular weight excluding hydrogens is 769 g/mol. The molecule has 0 saturated heterocycles. The van der Waals surface area contributed by atoms with Crippen LogP contribution in [0.25, 0.3) is 0 Å². The number of aliphatic carboxylic acids is 1. The van der Waals surface area contributed by atoms with Gasteiger partial charge in [-0.3, -0.25) is 23.4 Å². The van der Waals surface area contributed by atoms with Crippen molar-refractivity contribution in [3.05, 3.63) is 36.5 Å². The first kappa shape index (κ1) is 56.7. The number of rotatable bonds is 44. The summed E-state index contributed by atoms with van der Waals surface area (Å²) in [6.45, 7) is 2.75. The molecule has 2 unspecified atom stereocenters. The summed E-state index contributed by atoms with van der Waals surface area (Å²) in [4.78, 5) is 45.9. The lowest BCUT2D eigenvalue weighted by Crippen LogP contribution is -2.34. The fourth-order valence-corrected chi connectivity index (χ4v) is 7.19. The number of hydrogen-bond acceptors (Lipinski definition) is 9. The Bertz CT molecular complexity index is 1140. The summed E-state index contributed by atoms with van der Waals surface area (Å²) in [7, 11) is -4.73. The zero-order valence-electron chi connectivity index (χ0n) is 37.3. The van der Waals surface area contributed by atoms with E-state index in [0.717, 1.165) is 38.5 Å². The molecule has 0 aliphatic rings. The second-order valence-electron chi connectivity index (χ2n) is 15.9. The molecule has 59 heavy (non-hydrogen) atoms. The van der Waals surface area contributed by atoms with Crippen LogP contribution in [0.4, 0.5) is 0 Å². The highest BCUT2D eigenvalue weighted by Gasteiger charge is 2.28. The summed E-state index contributed by atoms with van der Waals surface area (Å²) < 4.78 is 32.6.